The molecule has 5 nitrogen and oxygen atoms in total. The summed E-state index contributed by atoms with van der Waals surface area (Å²) in [5.74, 6) is -0.426. The molecule has 29 heavy (non-hydrogen) atoms. The summed E-state index contributed by atoms with van der Waals surface area (Å²) in [6.45, 7) is -0.253. The van der Waals surface area contributed by atoms with Gasteiger partial charge in [0.15, 0.2) is 6.61 Å². The van der Waals surface area contributed by atoms with Crippen LogP contribution in [0.15, 0.2) is 65.1 Å². The Morgan fingerprint density at radius 2 is 1.69 bits per heavy atom. The van der Waals surface area contributed by atoms with Gasteiger partial charge in [-0.1, -0.05) is 60.1 Å². The summed E-state index contributed by atoms with van der Waals surface area (Å²) in [7, 11) is 0. The van der Waals surface area contributed by atoms with Crippen molar-refractivity contribution >= 4 is 71.5 Å². The molecule has 0 spiro atoms. The van der Waals surface area contributed by atoms with Crippen LogP contribution < -0.4 is 15.6 Å². The van der Waals surface area contributed by atoms with Crippen LogP contribution in [0.5, 0.6) is 5.75 Å². The summed E-state index contributed by atoms with van der Waals surface area (Å²) in [6, 6.07) is 19.0. The van der Waals surface area contributed by atoms with Crippen LogP contribution in [0.25, 0.3) is 20.9 Å². The number of rotatable bonds is 4. The first-order chi connectivity index (χ1) is 14.0. The van der Waals surface area contributed by atoms with Crippen LogP contribution in [0.3, 0.4) is 0 Å². The number of amides is 2. The molecule has 0 unspecified atom stereocenters. The van der Waals surface area contributed by atoms with Crippen molar-refractivity contribution in [2.45, 2.75) is 0 Å². The molecule has 4 aromatic rings. The third-order valence-corrected chi connectivity index (χ3v) is 6.74. The summed E-state index contributed by atoms with van der Waals surface area (Å²) in [4.78, 5) is 24.8. The lowest BCUT2D eigenvalue weighted by Crippen LogP contribution is -2.43. The smallest absolute Gasteiger partial charge is 0.281 e. The van der Waals surface area contributed by atoms with Gasteiger partial charge in [-0.25, -0.2) is 0 Å². The van der Waals surface area contributed by atoms with Gasteiger partial charge in [-0.15, -0.1) is 11.3 Å². The van der Waals surface area contributed by atoms with Crippen molar-refractivity contribution in [3.05, 3.63) is 75.0 Å². The standard InChI is InChI=1S/C21H14BrClN2O3S/c22-18-13-6-2-1-5-12(13)9-10-15(18)28-11-17(26)24-25-21(27)20-19(23)14-7-3-4-8-16(14)29-20/h1-10H,11H2,(H,24,26)(H,25,27). The first kappa shape index (κ1) is 19.7. The van der Waals surface area contributed by atoms with Crippen molar-refractivity contribution < 1.29 is 14.3 Å². The fraction of sp³-hybridized carbons (Fsp3) is 0.0476. The third kappa shape index (κ3) is 4.07. The molecule has 0 fully saturated rings. The topological polar surface area (TPSA) is 67.4 Å². The van der Waals surface area contributed by atoms with E-state index in [1.54, 1.807) is 6.07 Å². The summed E-state index contributed by atoms with van der Waals surface area (Å²) < 4.78 is 7.25. The maximum absolute atomic E-state index is 12.4. The Bertz CT molecular complexity index is 1240. The van der Waals surface area contributed by atoms with Gasteiger partial charge in [-0.3, -0.25) is 20.4 Å². The van der Waals surface area contributed by atoms with Crippen molar-refractivity contribution in [3.63, 3.8) is 0 Å². The Morgan fingerprint density at radius 3 is 2.48 bits per heavy atom. The lowest BCUT2D eigenvalue weighted by molar-refractivity contribution is -0.123. The zero-order valence-corrected chi connectivity index (χ0v) is 18.0. The van der Waals surface area contributed by atoms with E-state index in [9.17, 15) is 9.59 Å². The Morgan fingerprint density at radius 1 is 0.966 bits per heavy atom. The molecule has 2 N–H and O–H groups in total. The average molecular weight is 490 g/mol. The number of fused-ring (bicyclic) bond motifs is 2. The number of hydrogen-bond acceptors (Lipinski definition) is 4. The van der Waals surface area contributed by atoms with E-state index in [2.05, 4.69) is 26.8 Å². The number of hydrogen-bond donors (Lipinski definition) is 2. The molecule has 8 heteroatoms. The second kappa shape index (κ2) is 8.41. The predicted molar refractivity (Wildman–Crippen MR) is 120 cm³/mol. The van der Waals surface area contributed by atoms with Gasteiger partial charge in [-0.05, 0) is 38.8 Å². The highest BCUT2D eigenvalue weighted by molar-refractivity contribution is 9.10. The van der Waals surface area contributed by atoms with E-state index in [0.29, 0.717) is 15.6 Å². The van der Waals surface area contributed by atoms with Crippen LogP contribution in [-0.4, -0.2) is 18.4 Å². The van der Waals surface area contributed by atoms with Crippen molar-refractivity contribution in [1.29, 1.82) is 0 Å². The minimum absolute atomic E-state index is 0.253. The van der Waals surface area contributed by atoms with Crippen LogP contribution >= 0.6 is 38.9 Å². The van der Waals surface area contributed by atoms with Gasteiger partial charge in [0.05, 0.1) is 9.50 Å². The van der Waals surface area contributed by atoms with E-state index in [-0.39, 0.29) is 6.61 Å². The highest BCUT2D eigenvalue weighted by atomic mass is 79.9. The highest BCUT2D eigenvalue weighted by Crippen LogP contribution is 2.35. The van der Waals surface area contributed by atoms with Crippen molar-refractivity contribution in [2.75, 3.05) is 6.61 Å². The summed E-state index contributed by atoms with van der Waals surface area (Å²) >= 11 is 11.1. The first-order valence-corrected chi connectivity index (χ1v) is 10.6. The van der Waals surface area contributed by atoms with Crippen LogP contribution in [0.4, 0.5) is 0 Å². The maximum atomic E-state index is 12.4. The summed E-state index contributed by atoms with van der Waals surface area (Å²) in [5, 5.41) is 3.22. The van der Waals surface area contributed by atoms with E-state index in [0.717, 1.165) is 25.3 Å². The molecule has 0 saturated carbocycles. The van der Waals surface area contributed by atoms with Crippen molar-refractivity contribution in [3.8, 4) is 5.75 Å². The highest BCUT2D eigenvalue weighted by Gasteiger charge is 2.17. The summed E-state index contributed by atoms with van der Waals surface area (Å²) in [6.07, 6.45) is 0. The first-order valence-electron chi connectivity index (χ1n) is 8.61. The number of halogens is 2. The number of ether oxygens (including phenoxy) is 1. The van der Waals surface area contributed by atoms with Gasteiger partial charge in [0.1, 0.15) is 10.6 Å². The molecule has 0 bridgehead atoms. The molecular formula is C21H14BrClN2O3S. The van der Waals surface area contributed by atoms with Gasteiger partial charge in [0.25, 0.3) is 11.8 Å². The van der Waals surface area contributed by atoms with E-state index in [1.807, 2.05) is 54.6 Å². The number of thiophene rings is 1. The van der Waals surface area contributed by atoms with Crippen LogP contribution in [-0.2, 0) is 4.79 Å². The van der Waals surface area contributed by atoms with Gasteiger partial charge in [-0.2, -0.15) is 0 Å². The van der Waals surface area contributed by atoms with Crippen LogP contribution in [0.2, 0.25) is 5.02 Å². The van der Waals surface area contributed by atoms with E-state index in [4.69, 9.17) is 16.3 Å². The lowest BCUT2D eigenvalue weighted by atomic mass is 10.1. The number of nitrogens with one attached hydrogen (secondary N) is 2. The monoisotopic (exact) mass is 488 g/mol. The second-order valence-electron chi connectivity index (χ2n) is 6.13. The van der Waals surface area contributed by atoms with Gasteiger partial charge in [0.2, 0.25) is 0 Å². The molecule has 3 aromatic carbocycles. The molecule has 146 valence electrons. The quantitative estimate of drug-likeness (QED) is 0.382. The molecular weight excluding hydrogens is 476 g/mol. The minimum Gasteiger partial charge on any atom is -0.483 e. The zero-order chi connectivity index (χ0) is 20.4. The normalized spacial score (nSPS) is 10.8. The molecule has 0 aliphatic heterocycles. The van der Waals surface area contributed by atoms with Gasteiger partial charge >= 0.3 is 0 Å². The lowest BCUT2D eigenvalue weighted by Gasteiger charge is -2.11. The number of benzene rings is 3. The fourth-order valence-electron chi connectivity index (χ4n) is 2.85. The number of carbonyl (C=O) groups excluding carboxylic acids is 2. The van der Waals surface area contributed by atoms with Gasteiger partial charge < -0.3 is 4.74 Å². The molecule has 0 atom stereocenters. The second-order valence-corrected chi connectivity index (χ2v) is 8.35. The van der Waals surface area contributed by atoms with E-state index < -0.39 is 11.8 Å². The zero-order valence-electron chi connectivity index (χ0n) is 14.9. The maximum Gasteiger partial charge on any atom is 0.281 e. The predicted octanol–water partition coefficient (Wildman–Crippen LogP) is 5.31. The summed E-state index contributed by atoms with van der Waals surface area (Å²) in [5.41, 5.74) is 4.73. The largest absolute Gasteiger partial charge is 0.483 e. The Labute approximate surface area is 183 Å². The van der Waals surface area contributed by atoms with Crippen LogP contribution in [0, 0.1) is 0 Å². The van der Waals surface area contributed by atoms with E-state index >= 15 is 0 Å². The molecule has 2 amide bonds. The Kier molecular flexibility index (Phi) is 5.71. The minimum atomic E-state index is -0.490. The fourth-order valence-corrected chi connectivity index (χ4v) is 4.87. The van der Waals surface area contributed by atoms with Crippen LogP contribution in [0.1, 0.15) is 9.67 Å². The molecule has 1 aromatic heterocycles. The molecule has 4 rings (SSSR count). The van der Waals surface area contributed by atoms with E-state index in [1.165, 1.54) is 11.3 Å². The molecule has 1 heterocycles. The molecule has 0 radical (unpaired) electrons. The van der Waals surface area contributed by atoms with Gasteiger partial charge in [0, 0.05) is 10.1 Å². The SMILES string of the molecule is O=C(COc1ccc2ccccc2c1Br)NNC(=O)c1sc2ccccc2c1Cl. The molecule has 0 aliphatic carbocycles. The Balaban J connectivity index is 1.37. The Hall–Kier alpha value is -2.61. The average Bonchev–Trinajstić information content (AvgIpc) is 3.08. The van der Waals surface area contributed by atoms with Crippen molar-refractivity contribution in [2.24, 2.45) is 0 Å². The third-order valence-electron chi connectivity index (χ3n) is 4.24. The number of hydrazine groups is 1. The molecule has 0 aliphatic rings. The molecule has 0 saturated heterocycles. The van der Waals surface area contributed by atoms with Crippen molar-refractivity contribution in [1.82, 2.24) is 10.9 Å². The number of carbonyl (C=O) groups is 2.